The van der Waals surface area contributed by atoms with Crippen LogP contribution in [0, 0.1) is 5.92 Å². The van der Waals surface area contributed by atoms with E-state index in [4.69, 9.17) is 5.73 Å². The quantitative estimate of drug-likeness (QED) is 0.667. The van der Waals surface area contributed by atoms with Crippen molar-refractivity contribution in [2.45, 2.75) is 26.8 Å². The van der Waals surface area contributed by atoms with Crippen LogP contribution in [0.4, 0.5) is 5.82 Å². The molecule has 0 aliphatic carbocycles. The molecule has 0 saturated heterocycles. The lowest BCUT2D eigenvalue weighted by atomic mass is 10.1. The van der Waals surface area contributed by atoms with Gasteiger partial charge in [-0.15, -0.1) is 0 Å². The van der Waals surface area contributed by atoms with Gasteiger partial charge in [-0.2, -0.15) is 5.10 Å². The van der Waals surface area contributed by atoms with E-state index >= 15 is 0 Å². The maximum atomic E-state index is 11.5. The van der Waals surface area contributed by atoms with E-state index in [1.165, 1.54) is 6.07 Å². The maximum Gasteiger partial charge on any atom is 0.269 e. The highest BCUT2D eigenvalue weighted by atomic mass is 16.2. The minimum Gasteiger partial charge on any atom is -0.382 e. The summed E-state index contributed by atoms with van der Waals surface area (Å²) in [6.45, 7) is 6.06. The van der Waals surface area contributed by atoms with Gasteiger partial charge in [0, 0.05) is 12.1 Å². The van der Waals surface area contributed by atoms with Crippen LogP contribution in [-0.4, -0.2) is 22.1 Å². The van der Waals surface area contributed by atoms with Crippen molar-refractivity contribution < 1.29 is 4.79 Å². The maximum absolute atomic E-state index is 11.5. The van der Waals surface area contributed by atoms with Gasteiger partial charge < -0.3 is 11.1 Å². The van der Waals surface area contributed by atoms with Crippen LogP contribution in [-0.2, 0) is 0 Å². The lowest BCUT2D eigenvalue weighted by Gasteiger charge is -2.16. The zero-order valence-corrected chi connectivity index (χ0v) is 8.66. The van der Waals surface area contributed by atoms with Crippen LogP contribution in [0.2, 0.25) is 0 Å². The number of H-pyrrole nitrogens is 1. The number of aromatic nitrogens is 2. The van der Waals surface area contributed by atoms with Gasteiger partial charge in [0.1, 0.15) is 11.5 Å². The number of hydrogen-bond acceptors (Lipinski definition) is 3. The highest BCUT2D eigenvalue weighted by molar-refractivity contribution is 5.93. The van der Waals surface area contributed by atoms with E-state index in [9.17, 15) is 4.79 Å². The van der Waals surface area contributed by atoms with E-state index in [1.807, 2.05) is 20.8 Å². The molecule has 5 nitrogen and oxygen atoms in total. The van der Waals surface area contributed by atoms with Gasteiger partial charge in [0.25, 0.3) is 5.91 Å². The molecule has 4 N–H and O–H groups in total. The fourth-order valence-electron chi connectivity index (χ4n) is 0.905. The van der Waals surface area contributed by atoms with Gasteiger partial charge in [-0.3, -0.25) is 9.89 Å². The van der Waals surface area contributed by atoms with E-state index < -0.39 is 0 Å². The molecule has 0 bridgehead atoms. The third kappa shape index (κ3) is 2.48. The summed E-state index contributed by atoms with van der Waals surface area (Å²) in [5, 5.41) is 9.09. The van der Waals surface area contributed by atoms with E-state index in [0.29, 0.717) is 17.4 Å². The molecule has 0 radical (unpaired) electrons. The number of nitrogens with two attached hydrogens (primary N) is 1. The van der Waals surface area contributed by atoms with Crippen molar-refractivity contribution in [3.63, 3.8) is 0 Å². The molecule has 78 valence electrons. The minimum absolute atomic E-state index is 0.132. The van der Waals surface area contributed by atoms with E-state index in [1.54, 1.807) is 0 Å². The van der Waals surface area contributed by atoms with Gasteiger partial charge in [-0.1, -0.05) is 13.8 Å². The number of nitrogens with one attached hydrogen (secondary N) is 2. The monoisotopic (exact) mass is 196 g/mol. The Hall–Kier alpha value is -1.52. The van der Waals surface area contributed by atoms with Crippen molar-refractivity contribution >= 4 is 11.7 Å². The molecule has 1 rings (SSSR count). The smallest absolute Gasteiger partial charge is 0.269 e. The van der Waals surface area contributed by atoms with Crippen molar-refractivity contribution in [2.24, 2.45) is 5.92 Å². The molecule has 0 fully saturated rings. The van der Waals surface area contributed by atoms with Crippen LogP contribution < -0.4 is 11.1 Å². The third-order valence-corrected chi connectivity index (χ3v) is 2.20. The van der Waals surface area contributed by atoms with E-state index in [2.05, 4.69) is 15.5 Å². The van der Waals surface area contributed by atoms with Crippen molar-refractivity contribution in [3.05, 3.63) is 11.8 Å². The van der Waals surface area contributed by atoms with Gasteiger partial charge in [0.2, 0.25) is 0 Å². The lowest BCUT2D eigenvalue weighted by Crippen LogP contribution is -2.36. The zero-order chi connectivity index (χ0) is 10.7. The summed E-state index contributed by atoms with van der Waals surface area (Å²) in [4.78, 5) is 11.5. The Morgan fingerprint density at radius 1 is 1.57 bits per heavy atom. The number of hydrogen-bond donors (Lipinski definition) is 3. The topological polar surface area (TPSA) is 83.8 Å². The highest BCUT2D eigenvalue weighted by Gasteiger charge is 2.13. The van der Waals surface area contributed by atoms with Crippen LogP contribution in [0.25, 0.3) is 0 Å². The van der Waals surface area contributed by atoms with Crippen LogP contribution in [0.5, 0.6) is 0 Å². The second-order valence-electron chi connectivity index (χ2n) is 3.71. The number of aromatic amines is 1. The molecular weight excluding hydrogens is 180 g/mol. The Bertz CT molecular complexity index is 318. The van der Waals surface area contributed by atoms with Crippen LogP contribution in [0.3, 0.4) is 0 Å². The van der Waals surface area contributed by atoms with Crippen LogP contribution in [0.15, 0.2) is 6.07 Å². The molecule has 0 aliphatic rings. The van der Waals surface area contributed by atoms with Gasteiger partial charge in [-0.25, -0.2) is 0 Å². The van der Waals surface area contributed by atoms with E-state index in [-0.39, 0.29) is 11.9 Å². The number of rotatable bonds is 3. The largest absolute Gasteiger partial charge is 0.382 e. The average Bonchev–Trinajstić information content (AvgIpc) is 2.51. The molecule has 0 aliphatic heterocycles. The SMILES string of the molecule is CC(C)C(C)NC(=O)c1cc(N)n[nH]1. The second kappa shape index (κ2) is 4.13. The van der Waals surface area contributed by atoms with Gasteiger partial charge in [0.15, 0.2) is 0 Å². The Balaban J connectivity index is 2.59. The molecule has 0 saturated carbocycles. The number of carbonyl (C=O) groups is 1. The highest BCUT2D eigenvalue weighted by Crippen LogP contribution is 2.04. The standard InChI is InChI=1S/C9H16N4O/c1-5(2)6(3)11-9(14)7-4-8(10)13-12-7/h4-6H,1-3H3,(H,11,14)(H3,10,12,13). The summed E-state index contributed by atoms with van der Waals surface area (Å²) in [5.74, 6) is 0.557. The first-order chi connectivity index (χ1) is 6.50. The predicted octanol–water partition coefficient (Wildman–Crippen LogP) is 0.766. The molecule has 5 heteroatoms. The molecular formula is C9H16N4O. The molecule has 0 spiro atoms. The fourth-order valence-corrected chi connectivity index (χ4v) is 0.905. The number of nitrogens with zero attached hydrogens (tertiary/aromatic N) is 1. The molecule has 1 aromatic rings. The summed E-state index contributed by atoms with van der Waals surface area (Å²) in [7, 11) is 0. The average molecular weight is 196 g/mol. The van der Waals surface area contributed by atoms with Crippen molar-refractivity contribution in [1.82, 2.24) is 15.5 Å². The molecule has 1 aromatic heterocycles. The molecule has 0 aromatic carbocycles. The fraction of sp³-hybridized carbons (Fsp3) is 0.556. The van der Waals surface area contributed by atoms with Crippen molar-refractivity contribution in [2.75, 3.05) is 5.73 Å². The summed E-state index contributed by atoms with van der Waals surface area (Å²) in [5.41, 5.74) is 5.78. The number of carbonyl (C=O) groups excluding carboxylic acids is 1. The summed E-state index contributed by atoms with van der Waals surface area (Å²) >= 11 is 0. The lowest BCUT2D eigenvalue weighted by molar-refractivity contribution is 0.0925. The van der Waals surface area contributed by atoms with Crippen molar-refractivity contribution in [3.8, 4) is 0 Å². The summed E-state index contributed by atoms with van der Waals surface area (Å²) < 4.78 is 0. The Kier molecular flexibility index (Phi) is 3.11. The van der Waals surface area contributed by atoms with Gasteiger partial charge >= 0.3 is 0 Å². The molecule has 14 heavy (non-hydrogen) atoms. The van der Waals surface area contributed by atoms with Crippen LogP contribution in [0.1, 0.15) is 31.3 Å². The second-order valence-corrected chi connectivity index (χ2v) is 3.71. The molecule has 1 atom stereocenters. The van der Waals surface area contributed by atoms with Gasteiger partial charge in [0.05, 0.1) is 0 Å². The molecule has 1 heterocycles. The third-order valence-electron chi connectivity index (χ3n) is 2.20. The Morgan fingerprint density at radius 3 is 2.64 bits per heavy atom. The molecule has 1 unspecified atom stereocenters. The minimum atomic E-state index is -0.171. The Morgan fingerprint density at radius 2 is 2.21 bits per heavy atom. The first-order valence-corrected chi connectivity index (χ1v) is 4.62. The predicted molar refractivity (Wildman–Crippen MR) is 54.8 cm³/mol. The number of amides is 1. The Labute approximate surface area is 83.1 Å². The molecule has 1 amide bonds. The normalized spacial score (nSPS) is 12.9. The van der Waals surface area contributed by atoms with Gasteiger partial charge in [-0.05, 0) is 12.8 Å². The summed E-state index contributed by atoms with van der Waals surface area (Å²) in [6.07, 6.45) is 0. The summed E-state index contributed by atoms with van der Waals surface area (Å²) in [6, 6.07) is 1.65. The van der Waals surface area contributed by atoms with E-state index in [0.717, 1.165) is 0 Å². The number of anilines is 1. The first-order valence-electron chi connectivity index (χ1n) is 4.62. The zero-order valence-electron chi connectivity index (χ0n) is 8.66. The first kappa shape index (κ1) is 10.6. The number of nitrogen functional groups attached to an aromatic ring is 1. The van der Waals surface area contributed by atoms with Crippen molar-refractivity contribution in [1.29, 1.82) is 0 Å². The van der Waals surface area contributed by atoms with Crippen LogP contribution >= 0.6 is 0 Å².